The van der Waals surface area contributed by atoms with Crippen LogP contribution in [0.1, 0.15) is 54.9 Å². The van der Waals surface area contributed by atoms with Gasteiger partial charge in [-0.05, 0) is 24.5 Å². The Balaban J connectivity index is 2.56. The molecule has 0 aromatic heterocycles. The Bertz CT molecular complexity index is 372. The number of unbranched alkanes of at least 4 members (excludes halogenated alkanes) is 4. The van der Waals surface area contributed by atoms with Gasteiger partial charge < -0.3 is 10.2 Å². The minimum atomic E-state index is -0.950. The number of benzene rings is 1. The predicted octanol–water partition coefficient (Wildman–Crippen LogP) is 2.97. The van der Waals surface area contributed by atoms with Crippen molar-refractivity contribution in [2.75, 3.05) is 0 Å². The van der Waals surface area contributed by atoms with Crippen molar-refractivity contribution in [1.82, 2.24) is 0 Å². The van der Waals surface area contributed by atoms with Gasteiger partial charge in [0.2, 0.25) is 0 Å². The monoisotopic (exact) mass is 235 g/mol. The van der Waals surface area contributed by atoms with E-state index in [2.05, 4.69) is 6.92 Å². The molecule has 0 heterocycles. The van der Waals surface area contributed by atoms with Crippen LogP contribution in [0.5, 0.6) is 5.75 Å². The molecule has 0 aliphatic heterocycles. The van der Waals surface area contributed by atoms with Crippen molar-refractivity contribution in [2.24, 2.45) is 0 Å². The standard InChI is InChI=1S/C14H20O3/c1-2-3-4-5-6-7-11-10-12(15)8-9-13(11)14(16)17/h8-10,15H,2-7H2,1H3,(H,16,17)/p-1. The fourth-order valence-electron chi connectivity index (χ4n) is 1.90. The summed E-state index contributed by atoms with van der Waals surface area (Å²) in [6.07, 6.45) is 6.31. The molecule has 1 aromatic carbocycles. The maximum Gasteiger partial charge on any atom is 0.335 e. The second kappa shape index (κ2) is 6.94. The summed E-state index contributed by atoms with van der Waals surface area (Å²) >= 11 is 0. The maximum atomic E-state index is 11.2. The van der Waals surface area contributed by atoms with Gasteiger partial charge in [-0.2, -0.15) is 0 Å². The van der Waals surface area contributed by atoms with E-state index in [9.17, 15) is 9.90 Å². The Labute approximate surface area is 102 Å². The molecule has 0 amide bonds. The van der Waals surface area contributed by atoms with Crippen LogP contribution in [0.2, 0.25) is 0 Å². The number of carboxylic acid groups (broad SMARTS) is 1. The summed E-state index contributed by atoms with van der Waals surface area (Å²) < 4.78 is 0. The molecule has 1 aromatic rings. The lowest BCUT2D eigenvalue weighted by molar-refractivity contribution is -0.268. The Morgan fingerprint density at radius 1 is 1.24 bits per heavy atom. The highest BCUT2D eigenvalue weighted by atomic mass is 16.4. The Kier molecular flexibility index (Phi) is 5.53. The van der Waals surface area contributed by atoms with E-state index >= 15 is 0 Å². The second-order valence-electron chi connectivity index (χ2n) is 4.29. The first-order valence-corrected chi connectivity index (χ1v) is 6.18. The quantitative estimate of drug-likeness (QED) is 0.739. The molecule has 1 rings (SSSR count). The summed E-state index contributed by atoms with van der Waals surface area (Å²) in [5.74, 6) is -1.06. The van der Waals surface area contributed by atoms with Gasteiger partial charge >= 0.3 is 5.97 Å². The highest BCUT2D eigenvalue weighted by molar-refractivity contribution is 5.89. The van der Waals surface area contributed by atoms with Crippen LogP contribution in [0, 0.1) is 0 Å². The number of hydrogen-bond donors (Lipinski definition) is 1. The van der Waals surface area contributed by atoms with Gasteiger partial charge in [-0.15, -0.1) is 5.75 Å². The lowest BCUT2D eigenvalue weighted by atomic mass is 10.0. The zero-order valence-electron chi connectivity index (χ0n) is 10.2. The molecule has 0 saturated heterocycles. The van der Waals surface area contributed by atoms with Gasteiger partial charge in [-0.25, -0.2) is 4.79 Å². The van der Waals surface area contributed by atoms with Crippen LogP contribution in [0.25, 0.3) is 0 Å². The van der Waals surface area contributed by atoms with Crippen LogP contribution < -0.4 is 5.11 Å². The number of carbonyl (C=O) groups is 1. The molecule has 0 saturated carbocycles. The highest BCUT2D eigenvalue weighted by Gasteiger charge is 2.08. The van der Waals surface area contributed by atoms with Gasteiger partial charge in [-0.3, -0.25) is 0 Å². The van der Waals surface area contributed by atoms with Gasteiger partial charge in [0.05, 0.1) is 5.56 Å². The van der Waals surface area contributed by atoms with Gasteiger partial charge in [0.1, 0.15) is 0 Å². The van der Waals surface area contributed by atoms with E-state index < -0.39 is 5.97 Å². The number of carboxylic acids is 1. The lowest BCUT2D eigenvalue weighted by Gasteiger charge is -2.11. The molecule has 1 N–H and O–H groups in total. The van der Waals surface area contributed by atoms with E-state index in [1.54, 1.807) is 0 Å². The number of aromatic carboxylic acids is 1. The van der Waals surface area contributed by atoms with Crippen LogP contribution in [0.3, 0.4) is 0 Å². The molecule has 0 aliphatic rings. The molecule has 94 valence electrons. The van der Waals surface area contributed by atoms with Crippen molar-refractivity contribution < 1.29 is 15.0 Å². The maximum absolute atomic E-state index is 11.2. The zero-order chi connectivity index (χ0) is 12.7. The first kappa shape index (κ1) is 13.6. The second-order valence-corrected chi connectivity index (χ2v) is 4.29. The molecule has 0 spiro atoms. The van der Waals surface area contributed by atoms with Crippen molar-refractivity contribution >= 4 is 5.97 Å². The lowest BCUT2D eigenvalue weighted by Crippen LogP contribution is -2.04. The van der Waals surface area contributed by atoms with Crippen LogP contribution in [-0.4, -0.2) is 11.1 Å². The smallest absolute Gasteiger partial charge is 0.335 e. The molecule has 17 heavy (non-hydrogen) atoms. The summed E-state index contributed by atoms with van der Waals surface area (Å²) in [4.78, 5) is 11.0. The van der Waals surface area contributed by atoms with Crippen molar-refractivity contribution in [3.8, 4) is 5.75 Å². The van der Waals surface area contributed by atoms with Crippen molar-refractivity contribution in [3.05, 3.63) is 29.3 Å². The van der Waals surface area contributed by atoms with Crippen LogP contribution >= 0.6 is 0 Å². The SMILES string of the molecule is CCCCCCCc1cc([O-])ccc1C(=O)O. The van der Waals surface area contributed by atoms with Crippen molar-refractivity contribution in [3.63, 3.8) is 0 Å². The third kappa shape index (κ3) is 4.47. The van der Waals surface area contributed by atoms with Gasteiger partial charge in [-0.1, -0.05) is 44.7 Å². The number of rotatable bonds is 7. The molecule has 0 bridgehead atoms. The Hall–Kier alpha value is -1.51. The third-order valence-corrected chi connectivity index (χ3v) is 2.86. The fraction of sp³-hybridized carbons (Fsp3) is 0.500. The number of hydrogen-bond acceptors (Lipinski definition) is 2. The van der Waals surface area contributed by atoms with Gasteiger partial charge in [0.25, 0.3) is 0 Å². The first-order chi connectivity index (χ1) is 8.15. The van der Waals surface area contributed by atoms with E-state index in [1.165, 1.54) is 37.5 Å². The van der Waals surface area contributed by atoms with Crippen LogP contribution in [0.15, 0.2) is 18.2 Å². The summed E-state index contributed by atoms with van der Waals surface area (Å²) in [6.45, 7) is 2.16. The molecule has 0 unspecified atom stereocenters. The van der Waals surface area contributed by atoms with E-state index in [0.29, 0.717) is 12.0 Å². The molecular formula is C14H19O3-. The minimum Gasteiger partial charge on any atom is -0.872 e. The molecule has 0 radical (unpaired) electrons. The normalized spacial score (nSPS) is 10.4. The molecule has 0 atom stereocenters. The van der Waals surface area contributed by atoms with Crippen molar-refractivity contribution in [2.45, 2.75) is 45.4 Å². The molecule has 0 fully saturated rings. The van der Waals surface area contributed by atoms with Crippen LogP contribution in [0.4, 0.5) is 0 Å². The molecule has 3 heteroatoms. The number of aryl methyl sites for hydroxylation is 1. The van der Waals surface area contributed by atoms with E-state index in [-0.39, 0.29) is 11.3 Å². The van der Waals surface area contributed by atoms with Crippen LogP contribution in [-0.2, 0) is 6.42 Å². The zero-order valence-corrected chi connectivity index (χ0v) is 10.2. The molecule has 3 nitrogen and oxygen atoms in total. The largest absolute Gasteiger partial charge is 0.872 e. The summed E-state index contributed by atoms with van der Waals surface area (Å²) in [6, 6.07) is 4.17. The Morgan fingerprint density at radius 3 is 2.59 bits per heavy atom. The summed E-state index contributed by atoms with van der Waals surface area (Å²) in [5, 5.41) is 20.2. The van der Waals surface area contributed by atoms with E-state index in [4.69, 9.17) is 5.11 Å². The predicted molar refractivity (Wildman–Crippen MR) is 65.3 cm³/mol. The molecular weight excluding hydrogens is 216 g/mol. The topological polar surface area (TPSA) is 60.4 Å². The first-order valence-electron chi connectivity index (χ1n) is 6.18. The average Bonchev–Trinajstić information content (AvgIpc) is 2.28. The fourth-order valence-corrected chi connectivity index (χ4v) is 1.90. The minimum absolute atomic E-state index is 0.112. The van der Waals surface area contributed by atoms with Crippen molar-refractivity contribution in [1.29, 1.82) is 0 Å². The summed E-state index contributed by atoms with van der Waals surface area (Å²) in [7, 11) is 0. The van der Waals surface area contributed by atoms with E-state index in [1.807, 2.05) is 0 Å². The van der Waals surface area contributed by atoms with Gasteiger partial charge in [0.15, 0.2) is 0 Å². The third-order valence-electron chi connectivity index (χ3n) is 2.86. The van der Waals surface area contributed by atoms with Gasteiger partial charge in [0, 0.05) is 0 Å². The van der Waals surface area contributed by atoms with E-state index in [0.717, 1.165) is 12.8 Å². The molecule has 0 aliphatic carbocycles. The Morgan fingerprint density at radius 2 is 1.94 bits per heavy atom. The summed E-state index contributed by atoms with van der Waals surface area (Å²) in [5.41, 5.74) is 0.932. The highest BCUT2D eigenvalue weighted by Crippen LogP contribution is 2.18. The average molecular weight is 235 g/mol.